The molecule has 0 aromatic heterocycles. The van der Waals surface area contributed by atoms with Crippen molar-refractivity contribution in [1.82, 2.24) is 0 Å². The molecular formula is C20H35N2P2Rh-. The molecule has 0 saturated carbocycles. The van der Waals surface area contributed by atoms with E-state index in [-0.39, 0.29) is 35.3 Å². The van der Waals surface area contributed by atoms with Gasteiger partial charge in [-0.25, -0.2) is 0 Å². The fourth-order valence-corrected chi connectivity index (χ4v) is 8.07. The van der Waals surface area contributed by atoms with Crippen LogP contribution in [0.3, 0.4) is 0 Å². The number of rotatable bonds is 8. The number of hydrogen-bond acceptors (Lipinski definition) is 2. The molecular weight excluding hydrogens is 433 g/mol. The zero-order chi connectivity index (χ0) is 18.9. The molecule has 0 N–H and O–H groups in total. The van der Waals surface area contributed by atoms with E-state index in [1.165, 1.54) is 23.5 Å². The van der Waals surface area contributed by atoms with Gasteiger partial charge in [0, 0.05) is 30.3 Å². The molecule has 0 aliphatic carbocycles. The molecule has 0 atom stereocenters. The van der Waals surface area contributed by atoms with Gasteiger partial charge in [0.2, 0.25) is 0 Å². The molecule has 2 nitrogen and oxygen atoms in total. The molecule has 1 aromatic carbocycles. The average Bonchev–Trinajstić information content (AvgIpc) is 2.51. The fourth-order valence-electron chi connectivity index (χ4n) is 3.07. The van der Waals surface area contributed by atoms with Crippen molar-refractivity contribution in [3.63, 3.8) is 0 Å². The van der Waals surface area contributed by atoms with E-state index >= 15 is 0 Å². The second-order valence-electron chi connectivity index (χ2n) is 7.42. The monoisotopic (exact) mass is 468 g/mol. The molecule has 0 heterocycles. The van der Waals surface area contributed by atoms with Crippen LogP contribution in [-0.2, 0) is 31.8 Å². The minimum Gasteiger partial charge on any atom is -0.176 e. The molecule has 0 spiro atoms. The van der Waals surface area contributed by atoms with Crippen LogP contribution in [0.2, 0.25) is 0 Å². The smallest absolute Gasteiger partial charge is 0 e. The maximum atomic E-state index is 6.00. The molecule has 0 bridgehead atoms. The third-order valence-electron chi connectivity index (χ3n) is 4.27. The van der Waals surface area contributed by atoms with Crippen molar-refractivity contribution in [2.45, 2.75) is 90.3 Å². The Bertz CT molecular complexity index is 434. The van der Waals surface area contributed by atoms with E-state index in [9.17, 15) is 0 Å². The van der Waals surface area contributed by atoms with Crippen LogP contribution in [0.5, 0.6) is 0 Å². The number of hydrogen-bond donors (Lipinski definition) is 0. The second-order valence-corrected chi connectivity index (χ2v) is 14.2. The van der Waals surface area contributed by atoms with Gasteiger partial charge in [-0.3, -0.25) is 0 Å². The molecule has 0 aliphatic heterocycles. The molecule has 0 saturated heterocycles. The molecule has 5 heteroatoms. The minimum absolute atomic E-state index is 0. The molecule has 0 aliphatic rings. The first-order valence-electron chi connectivity index (χ1n) is 8.94. The van der Waals surface area contributed by atoms with Gasteiger partial charge < -0.3 is 0 Å². The first kappa shape index (κ1) is 27.3. The molecule has 0 unspecified atom stereocenters. The van der Waals surface area contributed by atoms with E-state index in [0.717, 1.165) is 22.6 Å². The van der Waals surface area contributed by atoms with Gasteiger partial charge in [0.25, 0.3) is 0 Å². The van der Waals surface area contributed by atoms with Crippen LogP contribution < -0.4 is 0 Å². The predicted octanol–water partition coefficient (Wildman–Crippen LogP) is 7.11. The Morgan fingerprint density at radius 1 is 0.720 bits per heavy atom. The van der Waals surface area contributed by atoms with Crippen molar-refractivity contribution >= 4 is 15.8 Å². The van der Waals surface area contributed by atoms with E-state index in [2.05, 4.69) is 79.7 Å². The van der Waals surface area contributed by atoms with Crippen molar-refractivity contribution < 1.29 is 19.5 Å². The molecule has 1 aromatic rings. The zero-order valence-electron chi connectivity index (χ0n) is 17.1. The van der Waals surface area contributed by atoms with Gasteiger partial charge >= 0.3 is 0 Å². The van der Waals surface area contributed by atoms with Crippen LogP contribution in [0.25, 0.3) is 0 Å². The Morgan fingerprint density at radius 2 is 1.00 bits per heavy atom. The summed E-state index contributed by atoms with van der Waals surface area (Å²) in [5, 5.41) is 12.0. The van der Waals surface area contributed by atoms with Crippen LogP contribution in [0, 0.1) is 16.9 Å². The van der Waals surface area contributed by atoms with Crippen molar-refractivity contribution in [2.75, 3.05) is 0 Å². The quantitative estimate of drug-likeness (QED) is 0.177. The fraction of sp³-hybridized carbons (Fsp3) is 0.700. The SMILES string of the molecule is CC(C)P(Cc1[c-]c(CP(C(C)C)C(C)C)ccc1)C(C)C.N#N.[Rh]. The summed E-state index contributed by atoms with van der Waals surface area (Å²) in [5.41, 5.74) is 6.08. The van der Waals surface area contributed by atoms with Gasteiger partial charge in [-0.1, -0.05) is 71.2 Å². The summed E-state index contributed by atoms with van der Waals surface area (Å²) >= 11 is 0. The summed E-state index contributed by atoms with van der Waals surface area (Å²) in [6.45, 7) is 19.1. The van der Waals surface area contributed by atoms with Crippen molar-refractivity contribution in [3.05, 3.63) is 35.4 Å². The van der Waals surface area contributed by atoms with Crippen LogP contribution in [0.1, 0.15) is 66.5 Å². The molecule has 1 rings (SSSR count). The minimum atomic E-state index is 0. The Balaban J connectivity index is 0. The third kappa shape index (κ3) is 10.1. The van der Waals surface area contributed by atoms with Gasteiger partial charge in [-0.15, -0.1) is 0 Å². The van der Waals surface area contributed by atoms with Gasteiger partial charge in [0.05, 0.1) is 0 Å². The zero-order valence-corrected chi connectivity index (χ0v) is 20.5. The summed E-state index contributed by atoms with van der Waals surface area (Å²) in [7, 11) is 0.123. The molecule has 1 radical (unpaired) electrons. The third-order valence-corrected chi connectivity index (χ3v) is 11.0. The standard InChI is InChI=1S/C20H35P2.N2.Rh/c1-15(2)21(16(3)4)13-19-10-9-11-20(12-19)14-22(17(5)6)18(7)8;1-2;/h9-11,15-18H,13-14H2,1-8H3;;/q-1;;. The van der Waals surface area contributed by atoms with Crippen LogP contribution >= 0.6 is 15.8 Å². The normalized spacial score (nSPS) is 11.2. The summed E-state index contributed by atoms with van der Waals surface area (Å²) < 4.78 is 0. The Hall–Kier alpha value is 0.123. The Labute approximate surface area is 171 Å². The van der Waals surface area contributed by atoms with Gasteiger partial charge in [-0.2, -0.15) is 35.4 Å². The maximum absolute atomic E-state index is 6.00. The first-order chi connectivity index (χ1) is 11.2. The van der Waals surface area contributed by atoms with Crippen LogP contribution in [0.4, 0.5) is 0 Å². The van der Waals surface area contributed by atoms with Crippen molar-refractivity contribution in [2.24, 2.45) is 0 Å². The van der Waals surface area contributed by atoms with Crippen molar-refractivity contribution in [3.8, 4) is 0 Å². The van der Waals surface area contributed by atoms with Gasteiger partial charge in [0.1, 0.15) is 0 Å². The molecule has 0 amide bonds. The summed E-state index contributed by atoms with van der Waals surface area (Å²) in [6, 6.07) is 10.6. The molecule has 0 fully saturated rings. The summed E-state index contributed by atoms with van der Waals surface area (Å²) in [6.07, 6.45) is 2.47. The average molecular weight is 468 g/mol. The predicted molar refractivity (Wildman–Crippen MR) is 111 cm³/mol. The molecule has 145 valence electrons. The van der Waals surface area contributed by atoms with E-state index in [1.807, 2.05) is 0 Å². The van der Waals surface area contributed by atoms with E-state index in [0.29, 0.717) is 0 Å². The van der Waals surface area contributed by atoms with Crippen LogP contribution in [0.15, 0.2) is 18.2 Å². The van der Waals surface area contributed by atoms with Gasteiger partial charge in [0.15, 0.2) is 0 Å². The van der Waals surface area contributed by atoms with E-state index in [4.69, 9.17) is 10.8 Å². The van der Waals surface area contributed by atoms with Crippen LogP contribution in [-0.4, -0.2) is 22.6 Å². The van der Waals surface area contributed by atoms with E-state index < -0.39 is 0 Å². The summed E-state index contributed by atoms with van der Waals surface area (Å²) in [4.78, 5) is 0. The van der Waals surface area contributed by atoms with E-state index in [1.54, 1.807) is 0 Å². The largest absolute Gasteiger partial charge is 0.176 e. The number of benzene rings is 1. The number of nitrogens with zero attached hydrogens (tertiary/aromatic N) is 2. The topological polar surface area (TPSA) is 47.6 Å². The second kappa shape index (κ2) is 14.2. The van der Waals surface area contributed by atoms with Gasteiger partial charge in [-0.05, 0) is 35.0 Å². The Kier molecular flexibility index (Phi) is 15.5. The summed E-state index contributed by atoms with van der Waals surface area (Å²) in [5.74, 6) is 0. The molecule has 25 heavy (non-hydrogen) atoms. The Morgan fingerprint density at radius 3 is 1.24 bits per heavy atom. The maximum Gasteiger partial charge on any atom is 0 e. The van der Waals surface area contributed by atoms with Crippen molar-refractivity contribution in [1.29, 1.82) is 10.8 Å². The first-order valence-corrected chi connectivity index (χ1v) is 12.3.